The molecule has 2 heterocycles. The summed E-state index contributed by atoms with van der Waals surface area (Å²) in [6, 6.07) is -0.436. The number of likely N-dealkylation sites (tertiary alicyclic amines) is 1. The number of nitrogens with zero attached hydrogens (tertiary/aromatic N) is 1. The van der Waals surface area contributed by atoms with Gasteiger partial charge in [-0.05, 0) is 38.7 Å². The fourth-order valence-corrected chi connectivity index (χ4v) is 2.43. The lowest BCUT2D eigenvalue weighted by atomic mass is 10.0. The first-order chi connectivity index (χ1) is 9.09. The molecular weight excluding hydrogens is 242 g/mol. The highest BCUT2D eigenvalue weighted by Gasteiger charge is 2.24. The second-order valence-corrected chi connectivity index (χ2v) is 5.41. The van der Waals surface area contributed by atoms with Gasteiger partial charge in [-0.1, -0.05) is 0 Å². The Morgan fingerprint density at radius 1 is 1.21 bits per heavy atom. The number of hydrogen-bond donors (Lipinski definition) is 2. The monoisotopic (exact) mass is 265 g/mol. The van der Waals surface area contributed by atoms with Crippen molar-refractivity contribution in [2.75, 3.05) is 26.2 Å². The zero-order valence-electron chi connectivity index (χ0n) is 11.8. The van der Waals surface area contributed by atoms with Crippen LogP contribution in [0.3, 0.4) is 0 Å². The van der Waals surface area contributed by atoms with E-state index < -0.39 is 6.04 Å². The van der Waals surface area contributed by atoms with Crippen LogP contribution in [-0.2, 0) is 9.59 Å². The Bertz CT molecular complexity index is 391. The van der Waals surface area contributed by atoms with Crippen LogP contribution in [0.4, 0.5) is 0 Å². The van der Waals surface area contributed by atoms with Gasteiger partial charge in [-0.15, -0.1) is 0 Å². The van der Waals surface area contributed by atoms with Gasteiger partial charge >= 0.3 is 0 Å². The first-order valence-corrected chi connectivity index (χ1v) is 7.08. The number of piperidine rings is 1. The SMILES string of the molecule is CC(C(=O)NC(C)C(=O)N1CCCCC1)=C1CNC1. The number of amides is 2. The molecule has 0 aromatic heterocycles. The first kappa shape index (κ1) is 14.1. The Kier molecular flexibility index (Phi) is 4.58. The molecular formula is C14H23N3O2. The first-order valence-electron chi connectivity index (χ1n) is 7.08. The summed E-state index contributed by atoms with van der Waals surface area (Å²) in [5.41, 5.74) is 1.88. The summed E-state index contributed by atoms with van der Waals surface area (Å²) in [4.78, 5) is 26.1. The fraction of sp³-hybridized carbons (Fsp3) is 0.714. The number of carbonyl (C=O) groups excluding carboxylic acids is 2. The predicted octanol–water partition coefficient (Wildman–Crippen LogP) is 0.423. The maximum atomic E-state index is 12.2. The molecule has 106 valence electrons. The van der Waals surface area contributed by atoms with E-state index in [0.717, 1.165) is 50.2 Å². The Hall–Kier alpha value is -1.36. The third-order valence-electron chi connectivity index (χ3n) is 3.93. The van der Waals surface area contributed by atoms with Crippen molar-refractivity contribution in [3.8, 4) is 0 Å². The molecule has 1 atom stereocenters. The molecule has 2 aliphatic rings. The summed E-state index contributed by atoms with van der Waals surface area (Å²) in [6.07, 6.45) is 3.34. The van der Waals surface area contributed by atoms with Crippen molar-refractivity contribution >= 4 is 11.8 Å². The van der Waals surface area contributed by atoms with Gasteiger partial charge < -0.3 is 15.5 Å². The van der Waals surface area contributed by atoms with Gasteiger partial charge in [0.05, 0.1) is 0 Å². The van der Waals surface area contributed by atoms with E-state index in [0.29, 0.717) is 0 Å². The maximum Gasteiger partial charge on any atom is 0.247 e. The summed E-state index contributed by atoms with van der Waals surface area (Å²) >= 11 is 0. The highest BCUT2D eigenvalue weighted by Crippen LogP contribution is 2.11. The molecule has 1 unspecified atom stereocenters. The average molecular weight is 265 g/mol. The van der Waals surface area contributed by atoms with E-state index in [4.69, 9.17) is 0 Å². The lowest BCUT2D eigenvalue weighted by Crippen LogP contribution is -2.49. The Balaban J connectivity index is 1.87. The van der Waals surface area contributed by atoms with Crippen LogP contribution < -0.4 is 10.6 Å². The number of nitrogens with one attached hydrogen (secondary N) is 2. The second kappa shape index (κ2) is 6.19. The largest absolute Gasteiger partial charge is 0.341 e. The molecule has 0 aromatic rings. The molecule has 5 heteroatoms. The van der Waals surface area contributed by atoms with Crippen molar-refractivity contribution in [2.24, 2.45) is 0 Å². The zero-order valence-corrected chi connectivity index (χ0v) is 11.8. The van der Waals surface area contributed by atoms with Crippen molar-refractivity contribution in [1.29, 1.82) is 0 Å². The minimum atomic E-state index is -0.436. The molecule has 2 aliphatic heterocycles. The summed E-state index contributed by atoms with van der Waals surface area (Å²) in [5, 5.41) is 5.92. The molecule has 2 rings (SSSR count). The Morgan fingerprint density at radius 3 is 2.37 bits per heavy atom. The van der Waals surface area contributed by atoms with E-state index in [9.17, 15) is 9.59 Å². The van der Waals surface area contributed by atoms with E-state index >= 15 is 0 Å². The van der Waals surface area contributed by atoms with Crippen LogP contribution in [0.2, 0.25) is 0 Å². The minimum absolute atomic E-state index is 0.0394. The van der Waals surface area contributed by atoms with Crippen LogP contribution in [0.25, 0.3) is 0 Å². The van der Waals surface area contributed by atoms with Crippen LogP contribution in [0.1, 0.15) is 33.1 Å². The quantitative estimate of drug-likeness (QED) is 0.727. The summed E-state index contributed by atoms with van der Waals surface area (Å²) in [5.74, 6) is -0.0769. The predicted molar refractivity (Wildman–Crippen MR) is 73.6 cm³/mol. The van der Waals surface area contributed by atoms with Gasteiger partial charge in [0.25, 0.3) is 0 Å². The van der Waals surface area contributed by atoms with Gasteiger partial charge in [-0.2, -0.15) is 0 Å². The molecule has 0 saturated carbocycles. The maximum absolute atomic E-state index is 12.2. The Labute approximate surface area is 114 Å². The van der Waals surface area contributed by atoms with Crippen molar-refractivity contribution < 1.29 is 9.59 Å². The molecule has 0 radical (unpaired) electrons. The second-order valence-electron chi connectivity index (χ2n) is 5.41. The molecule has 0 aliphatic carbocycles. The van der Waals surface area contributed by atoms with Gasteiger partial charge in [0.1, 0.15) is 6.04 Å². The van der Waals surface area contributed by atoms with E-state index in [-0.39, 0.29) is 11.8 Å². The molecule has 2 N–H and O–H groups in total. The van der Waals surface area contributed by atoms with Crippen LogP contribution in [-0.4, -0.2) is 48.9 Å². The van der Waals surface area contributed by atoms with E-state index in [1.807, 2.05) is 11.8 Å². The molecule has 0 bridgehead atoms. The molecule has 2 fully saturated rings. The highest BCUT2D eigenvalue weighted by molar-refractivity contribution is 5.97. The number of carbonyl (C=O) groups is 2. The van der Waals surface area contributed by atoms with E-state index in [1.165, 1.54) is 6.42 Å². The molecule has 0 spiro atoms. The molecule has 0 aromatic carbocycles. The molecule has 2 saturated heterocycles. The van der Waals surface area contributed by atoms with Crippen LogP contribution in [0.5, 0.6) is 0 Å². The van der Waals surface area contributed by atoms with Gasteiger partial charge in [0, 0.05) is 31.8 Å². The van der Waals surface area contributed by atoms with Gasteiger partial charge in [-0.25, -0.2) is 0 Å². The van der Waals surface area contributed by atoms with E-state index in [2.05, 4.69) is 10.6 Å². The normalized spacial score (nSPS) is 20.5. The lowest BCUT2D eigenvalue weighted by Gasteiger charge is -2.29. The Morgan fingerprint density at radius 2 is 1.84 bits per heavy atom. The zero-order chi connectivity index (χ0) is 13.8. The van der Waals surface area contributed by atoms with E-state index in [1.54, 1.807) is 6.92 Å². The standard InChI is InChI=1S/C14H23N3O2/c1-10(12-8-15-9-12)13(18)16-11(2)14(19)17-6-4-3-5-7-17/h11,15H,3-9H2,1-2H3,(H,16,18). The van der Waals surface area contributed by atoms with Crippen molar-refractivity contribution in [1.82, 2.24) is 15.5 Å². The topological polar surface area (TPSA) is 61.4 Å². The smallest absolute Gasteiger partial charge is 0.247 e. The fourth-order valence-electron chi connectivity index (χ4n) is 2.43. The van der Waals surface area contributed by atoms with Gasteiger partial charge in [-0.3, -0.25) is 9.59 Å². The number of rotatable bonds is 3. The third kappa shape index (κ3) is 3.35. The van der Waals surface area contributed by atoms with Gasteiger partial charge in [0.15, 0.2) is 0 Å². The van der Waals surface area contributed by atoms with Crippen molar-refractivity contribution in [3.63, 3.8) is 0 Å². The summed E-state index contributed by atoms with van der Waals surface area (Å²) in [7, 11) is 0. The molecule has 5 nitrogen and oxygen atoms in total. The summed E-state index contributed by atoms with van der Waals surface area (Å²) < 4.78 is 0. The van der Waals surface area contributed by atoms with Gasteiger partial charge in [0.2, 0.25) is 11.8 Å². The van der Waals surface area contributed by atoms with Crippen molar-refractivity contribution in [2.45, 2.75) is 39.2 Å². The molecule has 19 heavy (non-hydrogen) atoms. The van der Waals surface area contributed by atoms with Crippen LogP contribution in [0.15, 0.2) is 11.1 Å². The molecule has 2 amide bonds. The van der Waals surface area contributed by atoms with Crippen molar-refractivity contribution in [3.05, 3.63) is 11.1 Å². The van der Waals surface area contributed by atoms with Crippen LogP contribution >= 0.6 is 0 Å². The van der Waals surface area contributed by atoms with Crippen LogP contribution in [0, 0.1) is 0 Å². The average Bonchev–Trinajstić information content (AvgIpc) is 2.36. The lowest BCUT2D eigenvalue weighted by molar-refractivity contribution is -0.136. The number of hydrogen-bond acceptors (Lipinski definition) is 3. The highest BCUT2D eigenvalue weighted by atomic mass is 16.2. The minimum Gasteiger partial charge on any atom is -0.341 e. The summed E-state index contributed by atoms with van der Waals surface area (Å²) in [6.45, 7) is 6.81. The third-order valence-corrected chi connectivity index (χ3v) is 3.93.